The number of hydrogen-bond acceptors (Lipinski definition) is 2. The molecule has 0 unspecified atom stereocenters. The van der Waals surface area contributed by atoms with Crippen LogP contribution in [0.25, 0.3) is 10.9 Å². The number of halogens is 1. The molecule has 0 bridgehead atoms. The first-order chi connectivity index (χ1) is 7.56. The van der Waals surface area contributed by atoms with Gasteiger partial charge in [-0.2, -0.15) is 0 Å². The maximum atomic E-state index is 11.0. The number of aromatic amines is 1. The molecule has 2 N–H and O–H groups in total. The highest BCUT2D eigenvalue weighted by molar-refractivity contribution is 9.10. The molecule has 0 amide bonds. The second-order valence-corrected chi connectivity index (χ2v) is 4.23. The lowest BCUT2D eigenvalue weighted by Crippen LogP contribution is -1.98. The van der Waals surface area contributed by atoms with E-state index in [4.69, 9.17) is 9.84 Å². The van der Waals surface area contributed by atoms with Gasteiger partial charge < -0.3 is 14.8 Å². The first-order valence-electron chi connectivity index (χ1n) is 4.64. The molecule has 0 aliphatic carbocycles. The number of H-pyrrole nitrogens is 1. The van der Waals surface area contributed by atoms with E-state index in [0.717, 1.165) is 15.4 Å². The molecule has 16 heavy (non-hydrogen) atoms. The number of nitrogens with one attached hydrogen (secondary N) is 1. The fourth-order valence-electron chi connectivity index (χ4n) is 1.75. The van der Waals surface area contributed by atoms with Crippen LogP contribution < -0.4 is 4.74 Å². The lowest BCUT2D eigenvalue weighted by atomic mass is 10.1. The number of benzene rings is 1. The number of methoxy groups -OCH3 is 1. The van der Waals surface area contributed by atoms with E-state index in [9.17, 15) is 4.79 Å². The van der Waals surface area contributed by atoms with Crippen LogP contribution in [0, 0.1) is 6.92 Å². The van der Waals surface area contributed by atoms with Gasteiger partial charge in [-0.15, -0.1) is 0 Å². The van der Waals surface area contributed by atoms with Gasteiger partial charge >= 0.3 is 5.97 Å². The highest BCUT2D eigenvalue weighted by Crippen LogP contribution is 2.36. The van der Waals surface area contributed by atoms with Crippen LogP contribution in [0.3, 0.4) is 0 Å². The van der Waals surface area contributed by atoms with E-state index in [1.807, 2.05) is 0 Å². The molecule has 0 saturated heterocycles. The minimum absolute atomic E-state index is 0.212. The minimum atomic E-state index is -0.959. The maximum Gasteiger partial charge on any atom is 0.352 e. The van der Waals surface area contributed by atoms with E-state index < -0.39 is 5.97 Å². The Labute approximate surface area is 100 Å². The summed E-state index contributed by atoms with van der Waals surface area (Å²) in [5.74, 6) is -0.272. The number of aryl methyl sites for hydroxylation is 1. The van der Waals surface area contributed by atoms with Crippen molar-refractivity contribution in [1.82, 2.24) is 4.98 Å². The van der Waals surface area contributed by atoms with Crippen molar-refractivity contribution in [2.75, 3.05) is 7.11 Å². The van der Waals surface area contributed by atoms with E-state index in [1.54, 1.807) is 26.2 Å². The highest BCUT2D eigenvalue weighted by atomic mass is 79.9. The molecule has 0 atom stereocenters. The third-order valence-electron chi connectivity index (χ3n) is 2.55. The molecule has 0 radical (unpaired) electrons. The number of rotatable bonds is 2. The van der Waals surface area contributed by atoms with Crippen molar-refractivity contribution in [2.45, 2.75) is 6.92 Å². The van der Waals surface area contributed by atoms with Gasteiger partial charge in [0.15, 0.2) is 0 Å². The SMILES string of the molecule is COc1ccc2[nH]c(C(=O)O)c(C)c2c1Br. The van der Waals surface area contributed by atoms with E-state index in [2.05, 4.69) is 20.9 Å². The van der Waals surface area contributed by atoms with Gasteiger partial charge in [-0.3, -0.25) is 0 Å². The topological polar surface area (TPSA) is 62.3 Å². The van der Waals surface area contributed by atoms with Crippen molar-refractivity contribution in [3.05, 3.63) is 27.9 Å². The Balaban J connectivity index is 2.83. The fraction of sp³-hybridized carbons (Fsp3) is 0.182. The summed E-state index contributed by atoms with van der Waals surface area (Å²) in [7, 11) is 1.58. The third kappa shape index (κ3) is 1.48. The molecule has 0 aliphatic rings. The van der Waals surface area contributed by atoms with Crippen LogP contribution in [0.15, 0.2) is 16.6 Å². The van der Waals surface area contributed by atoms with Crippen LogP contribution in [0.4, 0.5) is 0 Å². The number of aromatic nitrogens is 1. The molecule has 1 heterocycles. The van der Waals surface area contributed by atoms with Crippen molar-refractivity contribution in [2.24, 2.45) is 0 Å². The van der Waals surface area contributed by atoms with Gasteiger partial charge in [0.05, 0.1) is 11.6 Å². The molecule has 0 aliphatic heterocycles. The van der Waals surface area contributed by atoms with Crippen LogP contribution in [-0.2, 0) is 0 Å². The van der Waals surface area contributed by atoms with Gasteiger partial charge in [-0.1, -0.05) is 0 Å². The van der Waals surface area contributed by atoms with Gasteiger partial charge in [0.25, 0.3) is 0 Å². The average Bonchev–Trinajstić information content (AvgIpc) is 2.57. The van der Waals surface area contributed by atoms with Crippen LogP contribution in [-0.4, -0.2) is 23.2 Å². The van der Waals surface area contributed by atoms with Gasteiger partial charge in [-0.05, 0) is 40.5 Å². The molecule has 2 aromatic rings. The normalized spacial score (nSPS) is 10.7. The number of ether oxygens (including phenoxy) is 1. The summed E-state index contributed by atoms with van der Waals surface area (Å²) in [6.45, 7) is 1.77. The Morgan fingerprint density at radius 2 is 2.19 bits per heavy atom. The second kappa shape index (κ2) is 3.83. The van der Waals surface area contributed by atoms with Crippen molar-refractivity contribution in [1.29, 1.82) is 0 Å². The molecule has 1 aromatic carbocycles. The molecule has 1 aromatic heterocycles. The number of carboxylic acid groups (broad SMARTS) is 1. The summed E-state index contributed by atoms with van der Waals surface area (Å²) in [5, 5.41) is 9.85. The van der Waals surface area contributed by atoms with Crippen LogP contribution in [0.5, 0.6) is 5.75 Å². The van der Waals surface area contributed by atoms with E-state index in [0.29, 0.717) is 11.3 Å². The third-order valence-corrected chi connectivity index (χ3v) is 3.34. The second-order valence-electron chi connectivity index (χ2n) is 3.43. The van der Waals surface area contributed by atoms with Crippen molar-refractivity contribution in [3.63, 3.8) is 0 Å². The quantitative estimate of drug-likeness (QED) is 0.891. The molecule has 0 spiro atoms. The summed E-state index contributed by atoms with van der Waals surface area (Å²) in [5.41, 5.74) is 1.69. The maximum absolute atomic E-state index is 11.0. The number of aromatic carboxylic acids is 1. The fourth-order valence-corrected chi connectivity index (χ4v) is 2.56. The summed E-state index contributed by atoms with van der Waals surface area (Å²) in [6.07, 6.45) is 0. The Morgan fingerprint density at radius 1 is 1.50 bits per heavy atom. The number of fused-ring (bicyclic) bond motifs is 1. The molecule has 4 nitrogen and oxygen atoms in total. The number of carboxylic acids is 1. The summed E-state index contributed by atoms with van der Waals surface area (Å²) in [6, 6.07) is 3.59. The van der Waals surface area contributed by atoms with Crippen molar-refractivity contribution in [3.8, 4) is 5.75 Å². The zero-order valence-electron chi connectivity index (χ0n) is 8.80. The van der Waals surface area contributed by atoms with Crippen molar-refractivity contribution >= 4 is 32.8 Å². The van der Waals surface area contributed by atoms with E-state index in [1.165, 1.54) is 0 Å². The van der Waals surface area contributed by atoms with Crippen LogP contribution >= 0.6 is 15.9 Å². The Hall–Kier alpha value is -1.49. The first kappa shape index (κ1) is 11.0. The molecule has 5 heteroatoms. The predicted molar refractivity (Wildman–Crippen MR) is 64.2 cm³/mol. The molecular formula is C11H10BrNO3. The van der Waals surface area contributed by atoms with Crippen molar-refractivity contribution < 1.29 is 14.6 Å². The zero-order chi connectivity index (χ0) is 11.9. The zero-order valence-corrected chi connectivity index (χ0v) is 10.4. The highest BCUT2D eigenvalue weighted by Gasteiger charge is 2.17. The standard InChI is InChI=1S/C11H10BrNO3/c1-5-8-6(13-10(5)11(14)15)3-4-7(16-2)9(8)12/h3-4,13H,1-2H3,(H,14,15). The summed E-state index contributed by atoms with van der Waals surface area (Å²) < 4.78 is 5.94. The Morgan fingerprint density at radius 3 is 2.75 bits per heavy atom. The smallest absolute Gasteiger partial charge is 0.352 e. The summed E-state index contributed by atoms with van der Waals surface area (Å²) in [4.78, 5) is 13.8. The molecule has 0 saturated carbocycles. The lowest BCUT2D eigenvalue weighted by molar-refractivity contribution is 0.0691. The molecule has 2 rings (SSSR count). The minimum Gasteiger partial charge on any atom is -0.496 e. The van der Waals surface area contributed by atoms with Crippen LogP contribution in [0.2, 0.25) is 0 Å². The van der Waals surface area contributed by atoms with Gasteiger partial charge in [0.2, 0.25) is 0 Å². The Bertz CT molecular complexity index is 574. The van der Waals surface area contributed by atoms with Gasteiger partial charge in [-0.25, -0.2) is 4.79 Å². The largest absolute Gasteiger partial charge is 0.496 e. The Kier molecular flexibility index (Phi) is 2.63. The van der Waals surface area contributed by atoms with E-state index in [-0.39, 0.29) is 5.69 Å². The molecule has 84 valence electrons. The monoisotopic (exact) mass is 283 g/mol. The lowest BCUT2D eigenvalue weighted by Gasteiger charge is -2.04. The van der Waals surface area contributed by atoms with E-state index >= 15 is 0 Å². The first-order valence-corrected chi connectivity index (χ1v) is 5.43. The van der Waals surface area contributed by atoms with Gasteiger partial charge in [0.1, 0.15) is 11.4 Å². The predicted octanol–water partition coefficient (Wildman–Crippen LogP) is 2.95. The summed E-state index contributed by atoms with van der Waals surface area (Å²) >= 11 is 3.42. The van der Waals surface area contributed by atoms with Gasteiger partial charge in [0, 0.05) is 10.9 Å². The average molecular weight is 284 g/mol. The number of carbonyl (C=O) groups is 1. The number of hydrogen-bond donors (Lipinski definition) is 2. The molecular weight excluding hydrogens is 274 g/mol. The van der Waals surface area contributed by atoms with Crippen LogP contribution in [0.1, 0.15) is 16.1 Å². The molecule has 0 fully saturated rings.